The number of piperazine rings is 1. The molecule has 2 aromatic carbocycles. The summed E-state index contributed by atoms with van der Waals surface area (Å²) in [6, 6.07) is 18.1. The average molecular weight is 420 g/mol. The summed E-state index contributed by atoms with van der Waals surface area (Å²) in [7, 11) is 1.68. The lowest BCUT2D eigenvalue weighted by Gasteiger charge is -2.34. The number of aryl methyl sites for hydroxylation is 1. The van der Waals surface area contributed by atoms with Crippen LogP contribution in [0.4, 0.5) is 0 Å². The van der Waals surface area contributed by atoms with Gasteiger partial charge in [-0.3, -0.25) is 9.69 Å². The minimum atomic E-state index is 0.221. The maximum atomic E-state index is 12.6. The number of hydrogen-bond acceptors (Lipinski definition) is 5. The summed E-state index contributed by atoms with van der Waals surface area (Å²) >= 11 is 0. The van der Waals surface area contributed by atoms with Gasteiger partial charge in [0.15, 0.2) is 11.7 Å². The van der Waals surface area contributed by atoms with Crippen molar-refractivity contribution in [1.29, 1.82) is 0 Å². The van der Waals surface area contributed by atoms with E-state index in [-0.39, 0.29) is 5.91 Å². The minimum absolute atomic E-state index is 0.221. The van der Waals surface area contributed by atoms with Crippen LogP contribution < -0.4 is 4.74 Å². The Kier molecular flexibility index (Phi) is 6.99. The topological polar surface area (TPSA) is 58.8 Å². The van der Waals surface area contributed by atoms with Crippen LogP contribution in [0.3, 0.4) is 0 Å². The predicted molar refractivity (Wildman–Crippen MR) is 120 cm³/mol. The van der Waals surface area contributed by atoms with Crippen LogP contribution in [0.5, 0.6) is 5.75 Å². The molecule has 162 valence electrons. The molecular weight excluding hydrogens is 390 g/mol. The largest absolute Gasteiger partial charge is 0.497 e. The van der Waals surface area contributed by atoms with Gasteiger partial charge < -0.3 is 14.1 Å². The van der Waals surface area contributed by atoms with Gasteiger partial charge in [-0.1, -0.05) is 42.5 Å². The maximum Gasteiger partial charge on any atom is 0.222 e. The third-order valence-corrected chi connectivity index (χ3v) is 5.68. The third-order valence-electron chi connectivity index (χ3n) is 5.68. The fraction of sp³-hybridized carbons (Fsp3) is 0.360. The fourth-order valence-corrected chi connectivity index (χ4v) is 3.86. The van der Waals surface area contributed by atoms with Crippen molar-refractivity contribution >= 4 is 5.91 Å². The first-order chi connectivity index (χ1) is 15.2. The molecule has 1 aliphatic heterocycles. The highest BCUT2D eigenvalue weighted by Gasteiger charge is 2.21. The van der Waals surface area contributed by atoms with E-state index in [0.717, 1.165) is 56.2 Å². The summed E-state index contributed by atoms with van der Waals surface area (Å²) in [5.41, 5.74) is 2.28. The van der Waals surface area contributed by atoms with E-state index >= 15 is 0 Å². The Balaban J connectivity index is 1.18. The Morgan fingerprint density at radius 1 is 1.03 bits per heavy atom. The molecular formula is C25H29N3O3. The van der Waals surface area contributed by atoms with Crippen LogP contribution in [-0.2, 0) is 17.8 Å². The van der Waals surface area contributed by atoms with Crippen LogP contribution >= 0.6 is 0 Å². The number of methoxy groups -OCH3 is 1. The molecule has 4 rings (SSSR count). The zero-order chi connectivity index (χ0) is 21.5. The van der Waals surface area contributed by atoms with Gasteiger partial charge in [0.25, 0.3) is 0 Å². The lowest BCUT2D eigenvalue weighted by atomic mass is 10.1. The predicted octanol–water partition coefficient (Wildman–Crippen LogP) is 4.02. The number of ether oxygens (including phenoxy) is 1. The smallest absolute Gasteiger partial charge is 0.222 e. The van der Waals surface area contributed by atoms with Crippen LogP contribution in [0.25, 0.3) is 11.3 Å². The van der Waals surface area contributed by atoms with E-state index in [1.165, 1.54) is 5.56 Å². The van der Waals surface area contributed by atoms with Crippen LogP contribution in [0.2, 0.25) is 0 Å². The Hall–Kier alpha value is -3.12. The quantitative estimate of drug-likeness (QED) is 0.552. The molecule has 2 heterocycles. The van der Waals surface area contributed by atoms with Crippen molar-refractivity contribution in [3.63, 3.8) is 0 Å². The van der Waals surface area contributed by atoms with Gasteiger partial charge in [-0.2, -0.15) is 0 Å². The molecule has 0 spiro atoms. The third kappa shape index (κ3) is 5.73. The van der Waals surface area contributed by atoms with Gasteiger partial charge in [0, 0.05) is 51.1 Å². The number of carbonyl (C=O) groups is 1. The molecule has 6 nitrogen and oxygen atoms in total. The van der Waals surface area contributed by atoms with E-state index in [2.05, 4.69) is 22.0 Å². The van der Waals surface area contributed by atoms with Crippen molar-refractivity contribution in [2.45, 2.75) is 25.8 Å². The molecule has 1 aliphatic rings. The molecule has 6 heteroatoms. The number of hydrogen-bond donors (Lipinski definition) is 0. The highest BCUT2D eigenvalue weighted by atomic mass is 16.5. The molecule has 1 amide bonds. The molecule has 0 radical (unpaired) electrons. The summed E-state index contributed by atoms with van der Waals surface area (Å²) in [5.74, 6) is 2.56. The number of aromatic nitrogens is 1. The Bertz CT molecular complexity index is 961. The molecule has 0 unspecified atom stereocenters. The number of benzene rings is 2. The lowest BCUT2D eigenvalue weighted by Crippen LogP contribution is -2.48. The maximum absolute atomic E-state index is 12.6. The Morgan fingerprint density at radius 2 is 1.77 bits per heavy atom. The molecule has 31 heavy (non-hydrogen) atoms. The van der Waals surface area contributed by atoms with Crippen LogP contribution in [-0.4, -0.2) is 54.0 Å². The molecule has 0 aliphatic carbocycles. The summed E-state index contributed by atoms with van der Waals surface area (Å²) < 4.78 is 11.0. The zero-order valence-electron chi connectivity index (χ0n) is 18.0. The van der Waals surface area contributed by atoms with Gasteiger partial charge in [-0.25, -0.2) is 4.98 Å². The van der Waals surface area contributed by atoms with Crippen molar-refractivity contribution < 1.29 is 13.9 Å². The molecule has 0 saturated carbocycles. The first-order valence-corrected chi connectivity index (χ1v) is 10.8. The number of amides is 1. The normalized spacial score (nSPS) is 14.5. The standard InChI is InChI=1S/C25H29N3O3/c1-30-22-12-10-20(11-13-22)19-27-14-16-28(17-15-27)25(29)9-5-8-24-26-18-23(31-24)21-6-3-2-4-7-21/h2-4,6-7,10-13,18H,5,8-9,14-17,19H2,1H3. The van der Waals surface area contributed by atoms with Gasteiger partial charge in [0.1, 0.15) is 5.75 Å². The van der Waals surface area contributed by atoms with Crippen molar-refractivity contribution in [3.05, 3.63) is 72.2 Å². The summed E-state index contributed by atoms with van der Waals surface area (Å²) in [6.07, 6.45) is 3.71. The number of nitrogens with zero attached hydrogens (tertiary/aromatic N) is 3. The second-order valence-electron chi connectivity index (χ2n) is 7.84. The van der Waals surface area contributed by atoms with E-state index < -0.39 is 0 Å². The van der Waals surface area contributed by atoms with E-state index in [0.29, 0.717) is 18.7 Å². The molecule has 3 aromatic rings. The number of oxazole rings is 1. The van der Waals surface area contributed by atoms with Crippen LogP contribution in [0.15, 0.2) is 65.2 Å². The number of carbonyl (C=O) groups excluding carboxylic acids is 1. The Morgan fingerprint density at radius 3 is 2.48 bits per heavy atom. The van der Waals surface area contributed by atoms with Gasteiger partial charge in [-0.05, 0) is 24.1 Å². The second-order valence-corrected chi connectivity index (χ2v) is 7.84. The lowest BCUT2D eigenvalue weighted by molar-refractivity contribution is -0.133. The van der Waals surface area contributed by atoms with Gasteiger partial charge in [0.2, 0.25) is 5.91 Å². The summed E-state index contributed by atoms with van der Waals surface area (Å²) in [5, 5.41) is 0. The highest BCUT2D eigenvalue weighted by molar-refractivity contribution is 5.76. The van der Waals surface area contributed by atoms with Crippen LogP contribution in [0, 0.1) is 0 Å². The monoisotopic (exact) mass is 419 g/mol. The van der Waals surface area contributed by atoms with E-state index in [4.69, 9.17) is 9.15 Å². The molecule has 0 atom stereocenters. The van der Waals surface area contributed by atoms with Crippen molar-refractivity contribution in [2.75, 3.05) is 33.3 Å². The summed E-state index contributed by atoms with van der Waals surface area (Å²) in [4.78, 5) is 21.3. The summed E-state index contributed by atoms with van der Waals surface area (Å²) in [6.45, 7) is 4.27. The van der Waals surface area contributed by atoms with Gasteiger partial charge >= 0.3 is 0 Å². The van der Waals surface area contributed by atoms with Crippen molar-refractivity contribution in [3.8, 4) is 17.1 Å². The SMILES string of the molecule is COc1ccc(CN2CCN(C(=O)CCCc3ncc(-c4ccccc4)o3)CC2)cc1. The molecule has 0 bridgehead atoms. The fourth-order valence-electron chi connectivity index (χ4n) is 3.86. The molecule has 1 aromatic heterocycles. The first kappa shape index (κ1) is 21.1. The first-order valence-electron chi connectivity index (χ1n) is 10.8. The molecule has 1 saturated heterocycles. The van der Waals surface area contributed by atoms with Gasteiger partial charge in [0.05, 0.1) is 13.3 Å². The van der Waals surface area contributed by atoms with Crippen molar-refractivity contribution in [1.82, 2.24) is 14.8 Å². The minimum Gasteiger partial charge on any atom is -0.497 e. The average Bonchev–Trinajstić information content (AvgIpc) is 3.29. The number of rotatable bonds is 8. The molecule has 0 N–H and O–H groups in total. The van der Waals surface area contributed by atoms with Crippen LogP contribution in [0.1, 0.15) is 24.3 Å². The van der Waals surface area contributed by atoms with E-state index in [1.807, 2.05) is 47.4 Å². The molecule has 1 fully saturated rings. The van der Waals surface area contributed by atoms with Crippen molar-refractivity contribution in [2.24, 2.45) is 0 Å². The zero-order valence-corrected chi connectivity index (χ0v) is 18.0. The van der Waals surface area contributed by atoms with E-state index in [9.17, 15) is 4.79 Å². The highest BCUT2D eigenvalue weighted by Crippen LogP contribution is 2.21. The Labute approximate surface area is 183 Å². The van der Waals surface area contributed by atoms with E-state index in [1.54, 1.807) is 13.3 Å². The second kappa shape index (κ2) is 10.3. The van der Waals surface area contributed by atoms with Gasteiger partial charge in [-0.15, -0.1) is 0 Å².